The number of ether oxygens (including phenoxy) is 1. The minimum Gasteiger partial charge on any atom is -0.384 e. The number of halogens is 1. The van der Waals surface area contributed by atoms with E-state index >= 15 is 0 Å². The molecule has 20 heavy (non-hydrogen) atoms. The van der Waals surface area contributed by atoms with Gasteiger partial charge in [0.1, 0.15) is 0 Å². The van der Waals surface area contributed by atoms with Crippen molar-refractivity contribution in [3.05, 3.63) is 34.9 Å². The van der Waals surface area contributed by atoms with Crippen molar-refractivity contribution in [3.8, 4) is 0 Å². The summed E-state index contributed by atoms with van der Waals surface area (Å²) in [6.07, 6.45) is 0. The summed E-state index contributed by atoms with van der Waals surface area (Å²) in [5, 5.41) is 0.509. The Morgan fingerprint density at radius 2 is 2.20 bits per heavy atom. The Morgan fingerprint density at radius 1 is 1.45 bits per heavy atom. The zero-order chi connectivity index (χ0) is 14.7. The van der Waals surface area contributed by atoms with Crippen LogP contribution in [0.2, 0.25) is 5.02 Å². The summed E-state index contributed by atoms with van der Waals surface area (Å²) in [5.41, 5.74) is 5.90. The summed E-state index contributed by atoms with van der Waals surface area (Å²) >= 11 is 5.89. The average molecular weight is 297 g/mol. The Labute approximate surface area is 122 Å². The molecule has 0 aliphatic carbocycles. The van der Waals surface area contributed by atoms with Crippen molar-refractivity contribution in [2.75, 3.05) is 26.8 Å². The van der Waals surface area contributed by atoms with Gasteiger partial charge in [-0.25, -0.2) is 0 Å². The first kappa shape index (κ1) is 14.8. The van der Waals surface area contributed by atoms with Crippen LogP contribution in [-0.4, -0.2) is 43.5 Å². The van der Waals surface area contributed by atoms with Crippen molar-refractivity contribution < 1.29 is 14.3 Å². The summed E-state index contributed by atoms with van der Waals surface area (Å²) in [4.78, 5) is 25.5. The number of carbonyl (C=O) groups is 2. The molecule has 2 amide bonds. The molecular weight excluding hydrogens is 280 g/mol. The molecule has 6 heteroatoms. The second kappa shape index (κ2) is 6.24. The van der Waals surface area contributed by atoms with Gasteiger partial charge in [0.25, 0.3) is 5.91 Å². The molecule has 2 N–H and O–H groups in total. The van der Waals surface area contributed by atoms with Crippen molar-refractivity contribution in [1.29, 1.82) is 0 Å². The van der Waals surface area contributed by atoms with Crippen LogP contribution >= 0.6 is 11.6 Å². The van der Waals surface area contributed by atoms with Crippen LogP contribution in [0.25, 0.3) is 0 Å². The molecule has 1 heterocycles. The Hall–Kier alpha value is -1.59. The van der Waals surface area contributed by atoms with Gasteiger partial charge in [0.2, 0.25) is 5.91 Å². The lowest BCUT2D eigenvalue weighted by Crippen LogP contribution is -2.32. The Morgan fingerprint density at radius 3 is 2.80 bits per heavy atom. The van der Waals surface area contributed by atoms with Crippen LogP contribution in [0.3, 0.4) is 0 Å². The predicted octanol–water partition coefficient (Wildman–Crippen LogP) is 1.16. The predicted molar refractivity (Wildman–Crippen MR) is 75.4 cm³/mol. The number of primary amides is 1. The van der Waals surface area contributed by atoms with Crippen LogP contribution in [0, 0.1) is 11.8 Å². The quantitative estimate of drug-likeness (QED) is 0.906. The van der Waals surface area contributed by atoms with Crippen LogP contribution in [-0.2, 0) is 9.53 Å². The first-order valence-corrected chi connectivity index (χ1v) is 6.73. The third kappa shape index (κ3) is 3.11. The molecule has 0 unspecified atom stereocenters. The number of nitrogens with two attached hydrogens (primary N) is 1. The van der Waals surface area contributed by atoms with E-state index in [4.69, 9.17) is 22.1 Å². The highest BCUT2D eigenvalue weighted by atomic mass is 35.5. The minimum absolute atomic E-state index is 0.0550. The maximum atomic E-state index is 12.4. The van der Waals surface area contributed by atoms with Gasteiger partial charge in [-0.15, -0.1) is 0 Å². The number of carbonyl (C=O) groups excluding carboxylic acids is 2. The van der Waals surface area contributed by atoms with E-state index in [9.17, 15) is 9.59 Å². The average Bonchev–Trinajstić information content (AvgIpc) is 2.82. The zero-order valence-electron chi connectivity index (χ0n) is 11.2. The second-order valence-electron chi connectivity index (χ2n) is 4.94. The maximum Gasteiger partial charge on any atom is 0.253 e. The molecule has 0 radical (unpaired) electrons. The second-order valence-corrected chi connectivity index (χ2v) is 5.38. The Kier molecular flexibility index (Phi) is 4.62. The molecular formula is C14H17ClN2O3. The van der Waals surface area contributed by atoms with Crippen LogP contribution in [0.1, 0.15) is 10.4 Å². The summed E-state index contributed by atoms with van der Waals surface area (Å²) < 4.78 is 5.09. The highest BCUT2D eigenvalue weighted by molar-refractivity contribution is 6.30. The number of benzene rings is 1. The number of hydrogen-bond donors (Lipinski definition) is 1. The smallest absolute Gasteiger partial charge is 0.253 e. The van der Waals surface area contributed by atoms with Crippen LogP contribution in [0.15, 0.2) is 24.3 Å². The number of hydrogen-bond acceptors (Lipinski definition) is 3. The molecule has 1 aromatic carbocycles. The lowest BCUT2D eigenvalue weighted by Gasteiger charge is -2.16. The molecule has 2 rings (SSSR count). The number of nitrogens with zero attached hydrogens (tertiary/aromatic N) is 1. The molecule has 5 nitrogen and oxygen atoms in total. The summed E-state index contributed by atoms with van der Waals surface area (Å²) in [5.74, 6) is -0.954. The molecule has 1 fully saturated rings. The first-order chi connectivity index (χ1) is 9.52. The van der Waals surface area contributed by atoms with Gasteiger partial charge < -0.3 is 15.4 Å². The fourth-order valence-electron chi connectivity index (χ4n) is 2.55. The molecule has 2 atom stereocenters. The highest BCUT2D eigenvalue weighted by Gasteiger charge is 2.38. The fraction of sp³-hybridized carbons (Fsp3) is 0.429. The van der Waals surface area contributed by atoms with Gasteiger partial charge in [0.05, 0.1) is 12.5 Å². The van der Waals surface area contributed by atoms with E-state index in [1.165, 1.54) is 0 Å². The lowest BCUT2D eigenvalue weighted by molar-refractivity contribution is -0.122. The molecule has 1 aliphatic rings. The van der Waals surface area contributed by atoms with E-state index in [-0.39, 0.29) is 17.7 Å². The standard InChI is InChI=1S/C14H17ClN2O3/c1-20-8-10-6-17(7-12(10)13(16)18)14(19)9-3-2-4-11(15)5-9/h2-5,10,12H,6-8H2,1H3,(H2,16,18)/t10-,12+/m0/s1. The Bertz CT molecular complexity index is 521. The first-order valence-electron chi connectivity index (χ1n) is 6.36. The summed E-state index contributed by atoms with van der Waals surface area (Å²) in [6, 6.07) is 6.76. The summed E-state index contributed by atoms with van der Waals surface area (Å²) in [7, 11) is 1.57. The molecule has 0 spiro atoms. The normalized spacial score (nSPS) is 22.0. The van der Waals surface area contributed by atoms with Gasteiger partial charge in [-0.3, -0.25) is 9.59 Å². The van der Waals surface area contributed by atoms with E-state index in [2.05, 4.69) is 0 Å². The maximum absolute atomic E-state index is 12.4. The van der Waals surface area contributed by atoms with E-state index in [1.807, 2.05) is 0 Å². The van der Waals surface area contributed by atoms with Crippen molar-refractivity contribution >= 4 is 23.4 Å². The van der Waals surface area contributed by atoms with Crippen molar-refractivity contribution in [2.24, 2.45) is 17.6 Å². The third-order valence-corrected chi connectivity index (χ3v) is 3.78. The SMILES string of the molecule is COC[C@@H]1CN(C(=O)c2cccc(Cl)c2)C[C@H]1C(N)=O. The number of rotatable bonds is 4. The topological polar surface area (TPSA) is 72.6 Å². The molecule has 1 aromatic rings. The van der Waals surface area contributed by atoms with Gasteiger partial charge in [-0.2, -0.15) is 0 Å². The van der Waals surface area contributed by atoms with Crippen molar-refractivity contribution in [2.45, 2.75) is 0 Å². The lowest BCUT2D eigenvalue weighted by atomic mass is 9.96. The molecule has 0 aromatic heterocycles. The van der Waals surface area contributed by atoms with Gasteiger partial charge in [-0.05, 0) is 18.2 Å². The van der Waals surface area contributed by atoms with Gasteiger partial charge in [-0.1, -0.05) is 17.7 Å². The van der Waals surface area contributed by atoms with Crippen molar-refractivity contribution in [3.63, 3.8) is 0 Å². The van der Waals surface area contributed by atoms with E-state index in [1.54, 1.807) is 36.3 Å². The molecule has 1 aliphatic heterocycles. The summed E-state index contributed by atoms with van der Waals surface area (Å²) in [6.45, 7) is 1.20. The fourth-order valence-corrected chi connectivity index (χ4v) is 2.74. The molecule has 108 valence electrons. The minimum atomic E-state index is -0.395. The van der Waals surface area contributed by atoms with Crippen molar-refractivity contribution in [1.82, 2.24) is 4.90 Å². The molecule has 1 saturated heterocycles. The van der Waals surface area contributed by atoms with Crippen LogP contribution in [0.4, 0.5) is 0 Å². The highest BCUT2D eigenvalue weighted by Crippen LogP contribution is 2.25. The monoisotopic (exact) mass is 296 g/mol. The van der Waals surface area contributed by atoms with Crippen LogP contribution < -0.4 is 5.73 Å². The zero-order valence-corrected chi connectivity index (χ0v) is 12.0. The van der Waals surface area contributed by atoms with Gasteiger partial charge in [0.15, 0.2) is 0 Å². The largest absolute Gasteiger partial charge is 0.384 e. The number of methoxy groups -OCH3 is 1. The molecule has 0 bridgehead atoms. The number of amides is 2. The van der Waals surface area contributed by atoms with E-state index < -0.39 is 5.91 Å². The van der Waals surface area contributed by atoms with E-state index in [0.29, 0.717) is 30.3 Å². The van der Waals surface area contributed by atoms with Crippen LogP contribution in [0.5, 0.6) is 0 Å². The van der Waals surface area contributed by atoms with Gasteiger partial charge in [0, 0.05) is 36.7 Å². The third-order valence-electron chi connectivity index (χ3n) is 3.55. The molecule has 0 saturated carbocycles. The van der Waals surface area contributed by atoms with E-state index in [0.717, 1.165) is 0 Å². The van der Waals surface area contributed by atoms with Gasteiger partial charge >= 0.3 is 0 Å². The number of likely N-dealkylation sites (tertiary alicyclic amines) is 1. The Balaban J connectivity index is 2.14.